The van der Waals surface area contributed by atoms with E-state index in [-0.39, 0.29) is 24.1 Å². The zero-order valence-corrected chi connectivity index (χ0v) is 14.2. The Morgan fingerprint density at radius 3 is 2.58 bits per heavy atom. The van der Waals surface area contributed by atoms with Crippen molar-refractivity contribution in [3.8, 4) is 0 Å². The van der Waals surface area contributed by atoms with E-state index in [0.717, 1.165) is 11.4 Å². The van der Waals surface area contributed by atoms with Gasteiger partial charge in [-0.05, 0) is 43.3 Å². The van der Waals surface area contributed by atoms with Crippen molar-refractivity contribution in [3.05, 3.63) is 59.9 Å². The molecule has 0 aliphatic carbocycles. The minimum Gasteiger partial charge on any atom is -0.353 e. The minimum absolute atomic E-state index is 0.00266. The van der Waals surface area contributed by atoms with Gasteiger partial charge in [-0.1, -0.05) is 17.7 Å². The third-order valence-electron chi connectivity index (χ3n) is 3.77. The van der Waals surface area contributed by atoms with Gasteiger partial charge in [0.05, 0.1) is 0 Å². The molecule has 0 spiro atoms. The fourth-order valence-electron chi connectivity index (χ4n) is 2.51. The number of benzene rings is 2. The number of anilines is 1. The van der Waals surface area contributed by atoms with Gasteiger partial charge in [0, 0.05) is 28.8 Å². The number of amides is 1. The van der Waals surface area contributed by atoms with E-state index in [2.05, 4.69) is 47.1 Å². The molecule has 126 valence electrons. The van der Waals surface area contributed by atoms with Crippen molar-refractivity contribution in [2.24, 2.45) is 0 Å². The van der Waals surface area contributed by atoms with E-state index in [0.29, 0.717) is 6.42 Å². The molecule has 1 amide bonds. The van der Waals surface area contributed by atoms with Gasteiger partial charge in [0.25, 0.3) is 0 Å². The van der Waals surface area contributed by atoms with Crippen LogP contribution < -0.4 is 16.0 Å². The van der Waals surface area contributed by atoms with Crippen LogP contribution in [0.5, 0.6) is 0 Å². The van der Waals surface area contributed by atoms with Crippen molar-refractivity contribution < 1.29 is 9.18 Å². The van der Waals surface area contributed by atoms with Gasteiger partial charge in [0.2, 0.25) is 5.91 Å². The highest BCUT2D eigenvalue weighted by Crippen LogP contribution is 2.21. The van der Waals surface area contributed by atoms with Crippen LogP contribution in [0, 0.1) is 12.7 Å². The molecule has 4 nitrogen and oxygen atoms in total. The number of thioether (sulfide) groups is 1. The molecule has 2 aromatic rings. The highest BCUT2D eigenvalue weighted by Gasteiger charge is 2.25. The second-order valence-corrected chi connectivity index (χ2v) is 6.94. The molecule has 3 N–H and O–H groups in total. The number of carbonyl (C=O) groups is 1. The van der Waals surface area contributed by atoms with Crippen LogP contribution in [0.2, 0.25) is 0 Å². The molecule has 0 radical (unpaired) electrons. The lowest BCUT2D eigenvalue weighted by molar-refractivity contribution is -0.123. The summed E-state index contributed by atoms with van der Waals surface area (Å²) in [5.74, 6) is 0.523. The van der Waals surface area contributed by atoms with Crippen LogP contribution in [-0.4, -0.2) is 24.0 Å². The molecule has 0 saturated carbocycles. The molecule has 3 rings (SSSR count). The van der Waals surface area contributed by atoms with Crippen molar-refractivity contribution in [1.29, 1.82) is 0 Å². The molecule has 2 atom stereocenters. The van der Waals surface area contributed by atoms with E-state index in [1.807, 2.05) is 0 Å². The number of nitrogens with one attached hydrogen (secondary N) is 3. The van der Waals surface area contributed by atoms with Crippen LogP contribution in [0.3, 0.4) is 0 Å². The Balaban J connectivity index is 1.55. The Morgan fingerprint density at radius 2 is 1.88 bits per heavy atom. The van der Waals surface area contributed by atoms with E-state index in [9.17, 15) is 9.18 Å². The van der Waals surface area contributed by atoms with E-state index in [1.54, 1.807) is 23.9 Å². The monoisotopic (exact) mass is 345 g/mol. The van der Waals surface area contributed by atoms with Gasteiger partial charge in [-0.3, -0.25) is 10.1 Å². The summed E-state index contributed by atoms with van der Waals surface area (Å²) in [4.78, 5) is 13.1. The first kappa shape index (κ1) is 16.8. The fraction of sp³-hybridized carbons (Fsp3) is 0.278. The Kier molecular flexibility index (Phi) is 5.37. The maximum atomic E-state index is 13.0. The summed E-state index contributed by atoms with van der Waals surface area (Å²) in [7, 11) is 0. The summed E-state index contributed by atoms with van der Waals surface area (Å²) in [6.45, 7) is 2.06. The van der Waals surface area contributed by atoms with Gasteiger partial charge in [-0.15, -0.1) is 11.8 Å². The normalized spacial score (nSPS) is 20.5. The highest BCUT2D eigenvalue weighted by molar-refractivity contribution is 7.99. The van der Waals surface area contributed by atoms with Gasteiger partial charge in [-0.2, -0.15) is 0 Å². The lowest BCUT2D eigenvalue weighted by Crippen LogP contribution is -2.60. The molecule has 1 heterocycles. The summed E-state index contributed by atoms with van der Waals surface area (Å²) in [5.41, 5.74) is 1.99. The summed E-state index contributed by atoms with van der Waals surface area (Å²) in [6.07, 6.45) is 0.0841. The van der Waals surface area contributed by atoms with E-state index >= 15 is 0 Å². The number of hydrogen-bond donors (Lipinski definition) is 3. The number of aryl methyl sites for hydroxylation is 1. The summed E-state index contributed by atoms with van der Waals surface area (Å²) >= 11 is 1.73. The van der Waals surface area contributed by atoms with Crippen molar-refractivity contribution in [3.63, 3.8) is 0 Å². The third kappa shape index (κ3) is 4.72. The SMILES string of the molecule is Cc1ccc(SCC2CC(=O)NC(Nc3ccc(F)cc3)N2)cc1. The Labute approximate surface area is 145 Å². The Bertz CT molecular complexity index is 690. The molecule has 2 unspecified atom stereocenters. The Morgan fingerprint density at radius 1 is 1.17 bits per heavy atom. The number of rotatable bonds is 5. The van der Waals surface area contributed by atoms with Crippen LogP contribution >= 0.6 is 11.8 Å². The van der Waals surface area contributed by atoms with Crippen LogP contribution in [0.25, 0.3) is 0 Å². The van der Waals surface area contributed by atoms with Crippen molar-refractivity contribution >= 4 is 23.4 Å². The number of hydrogen-bond acceptors (Lipinski definition) is 4. The lowest BCUT2D eigenvalue weighted by Gasteiger charge is -2.32. The van der Waals surface area contributed by atoms with Crippen LogP contribution in [-0.2, 0) is 4.79 Å². The van der Waals surface area contributed by atoms with Crippen molar-refractivity contribution in [2.75, 3.05) is 11.1 Å². The average Bonchev–Trinajstić information content (AvgIpc) is 2.56. The first-order valence-corrected chi connectivity index (χ1v) is 8.84. The molecule has 1 fully saturated rings. The zero-order chi connectivity index (χ0) is 16.9. The van der Waals surface area contributed by atoms with Gasteiger partial charge in [0.15, 0.2) is 6.29 Å². The molecule has 24 heavy (non-hydrogen) atoms. The maximum absolute atomic E-state index is 13.0. The van der Waals surface area contributed by atoms with E-state index in [4.69, 9.17) is 0 Å². The number of halogens is 1. The summed E-state index contributed by atoms with van der Waals surface area (Å²) in [5, 5.41) is 9.38. The van der Waals surface area contributed by atoms with Crippen molar-refractivity contribution in [1.82, 2.24) is 10.6 Å². The second-order valence-electron chi connectivity index (χ2n) is 5.84. The van der Waals surface area contributed by atoms with Gasteiger partial charge in [-0.25, -0.2) is 4.39 Å². The molecule has 2 aromatic carbocycles. The Hall–Kier alpha value is -2.05. The van der Waals surface area contributed by atoms with Gasteiger partial charge < -0.3 is 10.6 Å². The molecule has 0 aromatic heterocycles. The summed E-state index contributed by atoms with van der Waals surface area (Å²) in [6, 6.07) is 14.5. The fourth-order valence-corrected chi connectivity index (χ4v) is 3.45. The van der Waals surface area contributed by atoms with Crippen LogP contribution in [0.1, 0.15) is 12.0 Å². The largest absolute Gasteiger partial charge is 0.353 e. The summed E-state index contributed by atoms with van der Waals surface area (Å²) < 4.78 is 13.0. The molecular weight excluding hydrogens is 325 g/mol. The highest BCUT2D eigenvalue weighted by atomic mass is 32.2. The van der Waals surface area contributed by atoms with Gasteiger partial charge >= 0.3 is 0 Å². The lowest BCUT2D eigenvalue weighted by atomic mass is 10.2. The molecule has 6 heteroatoms. The molecule has 1 saturated heterocycles. The smallest absolute Gasteiger partial charge is 0.224 e. The maximum Gasteiger partial charge on any atom is 0.224 e. The average molecular weight is 345 g/mol. The van der Waals surface area contributed by atoms with Crippen LogP contribution in [0.15, 0.2) is 53.4 Å². The quantitative estimate of drug-likeness (QED) is 0.729. The van der Waals surface area contributed by atoms with Gasteiger partial charge in [0.1, 0.15) is 5.82 Å². The topological polar surface area (TPSA) is 53.2 Å². The van der Waals surface area contributed by atoms with Crippen LogP contribution in [0.4, 0.5) is 10.1 Å². The predicted octanol–water partition coefficient (Wildman–Crippen LogP) is 3.10. The van der Waals surface area contributed by atoms with Crippen molar-refractivity contribution in [2.45, 2.75) is 30.6 Å². The zero-order valence-electron chi connectivity index (χ0n) is 13.4. The van der Waals surface area contributed by atoms with E-state index in [1.165, 1.54) is 22.6 Å². The molecule has 0 bridgehead atoms. The molecule has 1 aliphatic heterocycles. The number of carbonyl (C=O) groups excluding carboxylic acids is 1. The van der Waals surface area contributed by atoms with E-state index < -0.39 is 0 Å². The first-order chi connectivity index (χ1) is 11.6. The predicted molar refractivity (Wildman–Crippen MR) is 95.4 cm³/mol. The molecular formula is C18H20FN3OS. The first-order valence-electron chi connectivity index (χ1n) is 7.85. The third-order valence-corrected chi connectivity index (χ3v) is 4.94. The standard InChI is InChI=1S/C18H20FN3OS/c1-12-2-8-16(9-3-12)24-11-15-10-17(23)22-18(21-15)20-14-6-4-13(19)5-7-14/h2-9,15,18,20-21H,10-11H2,1H3,(H,22,23). The second kappa shape index (κ2) is 7.68. The molecule has 1 aliphatic rings. The minimum atomic E-state index is -0.361.